The molecule has 0 saturated carbocycles. The van der Waals surface area contributed by atoms with Crippen LogP contribution >= 0.6 is 24.0 Å². The molecule has 1 aliphatic heterocycles. The van der Waals surface area contributed by atoms with Gasteiger partial charge in [0.1, 0.15) is 0 Å². The summed E-state index contributed by atoms with van der Waals surface area (Å²) in [6, 6.07) is 0. The Balaban J connectivity index is 2.58. The van der Waals surface area contributed by atoms with Gasteiger partial charge in [-0.15, -0.1) is 0 Å². The summed E-state index contributed by atoms with van der Waals surface area (Å²) in [7, 11) is 0. The molecule has 0 saturated heterocycles. The standard InChI is InChI=1S/C4H5NS2/c1-3-2-5-4(6)7-3/h2-3H,1H3. The van der Waals surface area contributed by atoms with Gasteiger partial charge in [0.25, 0.3) is 0 Å². The average Bonchev–Trinajstić information content (AvgIpc) is 1.87. The van der Waals surface area contributed by atoms with Gasteiger partial charge in [0, 0.05) is 11.5 Å². The Kier molecular flexibility index (Phi) is 1.44. The quantitative estimate of drug-likeness (QED) is 0.462. The lowest BCUT2D eigenvalue weighted by Gasteiger charge is -1.87. The molecule has 1 unspecified atom stereocenters. The maximum atomic E-state index is 4.76. The van der Waals surface area contributed by atoms with Crippen LogP contribution in [0.15, 0.2) is 4.99 Å². The normalized spacial score (nSPS) is 29.3. The van der Waals surface area contributed by atoms with Gasteiger partial charge in [-0.2, -0.15) is 0 Å². The van der Waals surface area contributed by atoms with Crippen LogP contribution < -0.4 is 0 Å². The molecular weight excluding hydrogens is 126 g/mol. The fourth-order valence-electron chi connectivity index (χ4n) is 0.386. The van der Waals surface area contributed by atoms with Gasteiger partial charge in [-0.25, -0.2) is 4.99 Å². The lowest BCUT2D eigenvalue weighted by atomic mass is 10.5. The first-order chi connectivity index (χ1) is 3.29. The summed E-state index contributed by atoms with van der Waals surface area (Å²) in [6.45, 7) is 2.08. The molecule has 0 aromatic rings. The largest absolute Gasteiger partial charge is 0.241 e. The summed E-state index contributed by atoms with van der Waals surface area (Å²) in [6.07, 6.45) is 1.87. The van der Waals surface area contributed by atoms with Crippen molar-refractivity contribution < 1.29 is 0 Å². The fourth-order valence-corrected chi connectivity index (χ4v) is 1.46. The van der Waals surface area contributed by atoms with E-state index in [1.165, 1.54) is 0 Å². The van der Waals surface area contributed by atoms with Crippen LogP contribution in [0, 0.1) is 0 Å². The number of hydrogen-bond donors (Lipinski definition) is 0. The third-order valence-corrected chi connectivity index (χ3v) is 1.87. The molecule has 0 aliphatic carbocycles. The third-order valence-electron chi connectivity index (χ3n) is 0.677. The maximum absolute atomic E-state index is 4.76. The van der Waals surface area contributed by atoms with Crippen molar-refractivity contribution in [2.75, 3.05) is 0 Å². The molecule has 38 valence electrons. The van der Waals surface area contributed by atoms with E-state index in [9.17, 15) is 0 Å². The van der Waals surface area contributed by atoms with Crippen LogP contribution in [0.3, 0.4) is 0 Å². The minimum absolute atomic E-state index is 0.507. The Bertz CT molecular complexity index is 119. The van der Waals surface area contributed by atoms with Crippen molar-refractivity contribution in [1.29, 1.82) is 0 Å². The zero-order chi connectivity index (χ0) is 5.28. The predicted molar refractivity (Wildman–Crippen MR) is 38.1 cm³/mol. The maximum Gasteiger partial charge on any atom is 0.160 e. The van der Waals surface area contributed by atoms with E-state index in [0.717, 1.165) is 4.32 Å². The third kappa shape index (κ3) is 1.24. The molecule has 0 aromatic carbocycles. The fraction of sp³-hybridized carbons (Fsp3) is 0.500. The zero-order valence-electron chi connectivity index (χ0n) is 3.92. The molecule has 0 fully saturated rings. The number of aliphatic imine (C=N–C) groups is 1. The van der Waals surface area contributed by atoms with E-state index in [-0.39, 0.29) is 0 Å². The predicted octanol–water partition coefficient (Wildman–Crippen LogP) is 1.48. The SMILES string of the molecule is CC1C=NC(=S)S1. The molecule has 0 radical (unpaired) electrons. The van der Waals surface area contributed by atoms with Crippen molar-refractivity contribution in [3.8, 4) is 0 Å². The van der Waals surface area contributed by atoms with Crippen LogP contribution in [0.2, 0.25) is 0 Å². The Hall–Kier alpha value is 0.110. The summed E-state index contributed by atoms with van der Waals surface area (Å²) in [5, 5.41) is 0.507. The van der Waals surface area contributed by atoms with E-state index in [4.69, 9.17) is 12.2 Å². The van der Waals surface area contributed by atoms with Gasteiger partial charge < -0.3 is 0 Å². The van der Waals surface area contributed by atoms with Crippen molar-refractivity contribution in [1.82, 2.24) is 0 Å². The van der Waals surface area contributed by atoms with Gasteiger partial charge in [-0.1, -0.05) is 24.0 Å². The highest BCUT2D eigenvalue weighted by Gasteiger charge is 2.07. The minimum atomic E-state index is 0.507. The zero-order valence-corrected chi connectivity index (χ0v) is 5.55. The molecule has 0 aromatic heterocycles. The van der Waals surface area contributed by atoms with E-state index in [1.807, 2.05) is 6.21 Å². The van der Waals surface area contributed by atoms with Crippen molar-refractivity contribution >= 4 is 34.5 Å². The lowest BCUT2D eigenvalue weighted by molar-refractivity contribution is 1.37. The minimum Gasteiger partial charge on any atom is -0.241 e. The smallest absolute Gasteiger partial charge is 0.160 e. The van der Waals surface area contributed by atoms with Gasteiger partial charge >= 0.3 is 0 Å². The van der Waals surface area contributed by atoms with Crippen LogP contribution in [-0.2, 0) is 0 Å². The van der Waals surface area contributed by atoms with Gasteiger partial charge in [0.15, 0.2) is 4.32 Å². The highest BCUT2D eigenvalue weighted by molar-refractivity contribution is 8.24. The van der Waals surface area contributed by atoms with Crippen LogP contribution in [0.4, 0.5) is 0 Å². The van der Waals surface area contributed by atoms with Gasteiger partial charge in [0.2, 0.25) is 0 Å². The molecule has 1 rings (SSSR count). The number of hydrogen-bond acceptors (Lipinski definition) is 2. The van der Waals surface area contributed by atoms with Crippen LogP contribution in [0.25, 0.3) is 0 Å². The van der Waals surface area contributed by atoms with Gasteiger partial charge in [-0.3, -0.25) is 0 Å². The van der Waals surface area contributed by atoms with E-state index in [2.05, 4.69) is 11.9 Å². The second-order valence-electron chi connectivity index (χ2n) is 1.37. The van der Waals surface area contributed by atoms with Crippen LogP contribution in [0.5, 0.6) is 0 Å². The molecule has 0 N–H and O–H groups in total. The van der Waals surface area contributed by atoms with Crippen molar-refractivity contribution in [3.05, 3.63) is 0 Å². The molecule has 1 nitrogen and oxygen atoms in total. The molecule has 1 aliphatic rings. The van der Waals surface area contributed by atoms with E-state index in [1.54, 1.807) is 11.8 Å². The summed E-state index contributed by atoms with van der Waals surface area (Å²) >= 11 is 6.39. The molecule has 1 atom stereocenters. The first kappa shape index (κ1) is 5.25. The number of thioether (sulfide) groups is 1. The molecular formula is C4H5NS2. The number of nitrogens with zero attached hydrogens (tertiary/aromatic N) is 1. The van der Waals surface area contributed by atoms with Crippen molar-refractivity contribution in [2.24, 2.45) is 4.99 Å². The molecule has 0 spiro atoms. The molecule has 0 bridgehead atoms. The van der Waals surface area contributed by atoms with Crippen molar-refractivity contribution in [2.45, 2.75) is 12.2 Å². The highest BCUT2D eigenvalue weighted by atomic mass is 32.2. The van der Waals surface area contributed by atoms with E-state index in [0.29, 0.717) is 5.25 Å². The van der Waals surface area contributed by atoms with Gasteiger partial charge in [0.05, 0.1) is 0 Å². The second-order valence-corrected chi connectivity index (χ2v) is 3.38. The average molecular weight is 131 g/mol. The second kappa shape index (κ2) is 1.92. The summed E-state index contributed by atoms with van der Waals surface area (Å²) in [5.74, 6) is 0. The number of rotatable bonds is 0. The summed E-state index contributed by atoms with van der Waals surface area (Å²) in [5.41, 5.74) is 0. The van der Waals surface area contributed by atoms with Crippen LogP contribution in [0.1, 0.15) is 6.92 Å². The monoisotopic (exact) mass is 131 g/mol. The summed E-state index contributed by atoms with van der Waals surface area (Å²) in [4.78, 5) is 3.89. The van der Waals surface area contributed by atoms with Crippen molar-refractivity contribution in [3.63, 3.8) is 0 Å². The lowest BCUT2D eigenvalue weighted by Crippen LogP contribution is -1.88. The van der Waals surface area contributed by atoms with E-state index < -0.39 is 0 Å². The summed E-state index contributed by atoms with van der Waals surface area (Å²) < 4.78 is 0.771. The first-order valence-corrected chi connectivity index (χ1v) is 3.32. The highest BCUT2D eigenvalue weighted by Crippen LogP contribution is 2.17. The topological polar surface area (TPSA) is 12.4 Å². The Morgan fingerprint density at radius 3 is 2.86 bits per heavy atom. The Morgan fingerprint density at radius 2 is 2.71 bits per heavy atom. The number of thiocarbonyl (C=S) groups is 1. The molecule has 1 heterocycles. The molecule has 0 amide bonds. The van der Waals surface area contributed by atoms with E-state index >= 15 is 0 Å². The molecule has 7 heavy (non-hydrogen) atoms. The Morgan fingerprint density at radius 1 is 2.00 bits per heavy atom. The molecule has 3 heteroatoms. The van der Waals surface area contributed by atoms with Crippen LogP contribution in [-0.4, -0.2) is 15.8 Å². The Labute approximate surface area is 52.2 Å². The first-order valence-electron chi connectivity index (χ1n) is 2.04. The van der Waals surface area contributed by atoms with Gasteiger partial charge in [-0.05, 0) is 6.92 Å².